The Morgan fingerprint density at radius 3 is 1.20 bits per heavy atom. The van der Waals surface area contributed by atoms with Gasteiger partial charge in [-0.25, -0.2) is 0 Å². The number of rotatable bonds is 0. The molecule has 0 spiro atoms. The van der Waals surface area contributed by atoms with Gasteiger partial charge in [0.2, 0.25) is 0 Å². The number of alkyl halides is 4. The van der Waals surface area contributed by atoms with Crippen LogP contribution in [0.3, 0.4) is 0 Å². The quantitative estimate of drug-likeness (QED) is 0.546. The molecule has 0 bridgehead atoms. The van der Waals surface area contributed by atoms with E-state index >= 15 is 0 Å². The van der Waals surface area contributed by atoms with Gasteiger partial charge >= 0.3 is 0 Å². The van der Waals surface area contributed by atoms with Crippen molar-refractivity contribution in [1.29, 1.82) is 0 Å². The van der Waals surface area contributed by atoms with Gasteiger partial charge in [0.15, 0.2) is 8.67 Å². The second-order valence-corrected chi connectivity index (χ2v) is 4.74. The largest absolute Gasteiger partial charge is 0.172 e. The van der Waals surface area contributed by atoms with E-state index in [1.807, 2.05) is 0 Å². The summed E-state index contributed by atoms with van der Waals surface area (Å²) in [6, 6.07) is 0. The first-order chi connectivity index (χ1) is 4.46. The van der Waals surface area contributed by atoms with Gasteiger partial charge in [-0.3, -0.25) is 0 Å². The van der Waals surface area contributed by atoms with Gasteiger partial charge in [-0.15, -0.1) is 0 Å². The van der Waals surface area contributed by atoms with Crippen molar-refractivity contribution in [1.82, 2.24) is 0 Å². The van der Waals surface area contributed by atoms with E-state index in [9.17, 15) is 0 Å². The van der Waals surface area contributed by atoms with Crippen molar-refractivity contribution >= 4 is 46.4 Å². The predicted octanol–water partition coefficient (Wildman–Crippen LogP) is 3.46. The Labute approximate surface area is 79.4 Å². The molecule has 1 aliphatic carbocycles. The van der Waals surface area contributed by atoms with Crippen molar-refractivity contribution in [2.75, 3.05) is 0 Å². The SMILES string of the molecule is ClC1(Cl)C=CC=CC1(Cl)Cl. The topological polar surface area (TPSA) is 0 Å². The number of hydrogen-bond donors (Lipinski definition) is 0. The van der Waals surface area contributed by atoms with Gasteiger partial charge in [-0.1, -0.05) is 58.6 Å². The summed E-state index contributed by atoms with van der Waals surface area (Å²) in [5.41, 5.74) is 0. The van der Waals surface area contributed by atoms with Gasteiger partial charge in [-0.05, 0) is 12.2 Å². The molecule has 56 valence electrons. The molecular formula is C6H4Cl4. The molecule has 0 saturated heterocycles. The monoisotopic (exact) mass is 216 g/mol. The predicted molar refractivity (Wildman–Crippen MR) is 47.2 cm³/mol. The summed E-state index contributed by atoms with van der Waals surface area (Å²) in [6.45, 7) is 0. The van der Waals surface area contributed by atoms with E-state index in [0.29, 0.717) is 0 Å². The van der Waals surface area contributed by atoms with Gasteiger partial charge in [-0.2, -0.15) is 0 Å². The molecule has 0 fully saturated rings. The smallest absolute Gasteiger partial charge is 0.0932 e. The maximum atomic E-state index is 5.73. The zero-order chi connectivity index (χ0) is 7.83. The highest BCUT2D eigenvalue weighted by atomic mass is 35.5. The Hall–Kier alpha value is 0.640. The van der Waals surface area contributed by atoms with Crippen molar-refractivity contribution in [3.63, 3.8) is 0 Å². The first kappa shape index (κ1) is 8.73. The van der Waals surface area contributed by atoms with Crippen molar-refractivity contribution < 1.29 is 0 Å². The fourth-order valence-corrected chi connectivity index (χ4v) is 1.12. The molecule has 4 heteroatoms. The number of hydrogen-bond acceptors (Lipinski definition) is 0. The van der Waals surface area contributed by atoms with Crippen molar-refractivity contribution in [2.45, 2.75) is 8.67 Å². The molecule has 0 saturated carbocycles. The fourth-order valence-electron chi connectivity index (χ4n) is 0.575. The van der Waals surface area contributed by atoms with Crippen LogP contribution >= 0.6 is 46.4 Å². The lowest BCUT2D eigenvalue weighted by Crippen LogP contribution is -2.33. The molecule has 0 aromatic carbocycles. The minimum absolute atomic E-state index is 1.22. The maximum absolute atomic E-state index is 5.73. The molecule has 0 atom stereocenters. The molecule has 0 aliphatic heterocycles. The first-order valence-electron chi connectivity index (χ1n) is 2.58. The summed E-state index contributed by atoms with van der Waals surface area (Å²) in [6.07, 6.45) is 6.47. The lowest BCUT2D eigenvalue weighted by molar-refractivity contribution is 0.896. The van der Waals surface area contributed by atoms with Gasteiger partial charge in [0.05, 0.1) is 0 Å². The summed E-state index contributed by atoms with van der Waals surface area (Å²) in [5, 5.41) is 0. The van der Waals surface area contributed by atoms with Crippen LogP contribution in [0.2, 0.25) is 0 Å². The lowest BCUT2D eigenvalue weighted by atomic mass is 10.2. The van der Waals surface area contributed by atoms with Gasteiger partial charge in [0.1, 0.15) is 0 Å². The zero-order valence-electron chi connectivity index (χ0n) is 4.82. The third-order valence-electron chi connectivity index (χ3n) is 1.17. The van der Waals surface area contributed by atoms with Crippen molar-refractivity contribution in [3.8, 4) is 0 Å². The molecular weight excluding hydrogens is 214 g/mol. The maximum Gasteiger partial charge on any atom is 0.172 e. The zero-order valence-corrected chi connectivity index (χ0v) is 7.84. The average molecular weight is 218 g/mol. The van der Waals surface area contributed by atoms with E-state index in [4.69, 9.17) is 46.4 Å². The summed E-state index contributed by atoms with van der Waals surface area (Å²) in [5.74, 6) is 0. The van der Waals surface area contributed by atoms with E-state index in [0.717, 1.165) is 0 Å². The molecule has 1 aliphatic rings. The van der Waals surface area contributed by atoms with Crippen molar-refractivity contribution in [2.24, 2.45) is 0 Å². The van der Waals surface area contributed by atoms with Crippen LogP contribution < -0.4 is 0 Å². The lowest BCUT2D eigenvalue weighted by Gasteiger charge is -2.28. The van der Waals surface area contributed by atoms with Crippen LogP contribution in [0.4, 0.5) is 0 Å². The van der Waals surface area contributed by atoms with E-state index in [2.05, 4.69) is 0 Å². The third-order valence-corrected chi connectivity index (χ3v) is 3.25. The van der Waals surface area contributed by atoms with E-state index < -0.39 is 8.67 Å². The minimum atomic E-state index is -1.22. The molecule has 1 rings (SSSR count). The van der Waals surface area contributed by atoms with E-state index in [1.54, 1.807) is 12.2 Å². The normalized spacial score (nSPS) is 26.8. The molecule has 0 N–H and O–H groups in total. The van der Waals surface area contributed by atoms with E-state index in [1.165, 1.54) is 12.2 Å². The third kappa shape index (κ3) is 1.45. The molecule has 0 heterocycles. The molecule has 0 aromatic heterocycles. The molecule has 0 nitrogen and oxygen atoms in total. The summed E-state index contributed by atoms with van der Waals surface area (Å²) in [4.78, 5) is 0. The Bertz CT molecular complexity index is 168. The molecule has 0 aromatic rings. The van der Waals surface area contributed by atoms with Gasteiger partial charge in [0.25, 0.3) is 0 Å². The summed E-state index contributed by atoms with van der Waals surface area (Å²) in [7, 11) is 0. The van der Waals surface area contributed by atoms with Gasteiger partial charge in [0, 0.05) is 0 Å². The number of allylic oxidation sites excluding steroid dienone is 4. The Morgan fingerprint density at radius 1 is 0.700 bits per heavy atom. The van der Waals surface area contributed by atoms with Crippen LogP contribution in [0.25, 0.3) is 0 Å². The highest BCUT2D eigenvalue weighted by Gasteiger charge is 2.44. The van der Waals surface area contributed by atoms with Crippen LogP contribution in [0.15, 0.2) is 24.3 Å². The second kappa shape index (κ2) is 2.60. The number of halogens is 4. The fraction of sp³-hybridized carbons (Fsp3) is 0.333. The molecule has 10 heavy (non-hydrogen) atoms. The molecule has 0 unspecified atom stereocenters. The minimum Gasteiger partial charge on any atom is -0.0932 e. The van der Waals surface area contributed by atoms with Crippen LogP contribution in [0, 0.1) is 0 Å². The first-order valence-corrected chi connectivity index (χ1v) is 4.10. The Balaban J connectivity index is 2.96. The Kier molecular flexibility index (Phi) is 2.27. The van der Waals surface area contributed by atoms with Crippen LogP contribution in [-0.2, 0) is 0 Å². The van der Waals surface area contributed by atoms with Crippen LogP contribution in [0.1, 0.15) is 0 Å². The molecule has 0 radical (unpaired) electrons. The Morgan fingerprint density at radius 2 is 1.00 bits per heavy atom. The van der Waals surface area contributed by atoms with E-state index in [-0.39, 0.29) is 0 Å². The molecule has 0 amide bonds. The summed E-state index contributed by atoms with van der Waals surface area (Å²) >= 11 is 22.9. The van der Waals surface area contributed by atoms with Crippen LogP contribution in [0.5, 0.6) is 0 Å². The van der Waals surface area contributed by atoms with Crippen LogP contribution in [-0.4, -0.2) is 8.67 Å². The highest BCUT2D eigenvalue weighted by molar-refractivity contribution is 6.64. The summed E-state index contributed by atoms with van der Waals surface area (Å²) < 4.78 is -2.43. The van der Waals surface area contributed by atoms with Gasteiger partial charge < -0.3 is 0 Å². The average Bonchev–Trinajstić information content (AvgIpc) is 1.77. The van der Waals surface area contributed by atoms with Crippen molar-refractivity contribution in [3.05, 3.63) is 24.3 Å². The standard InChI is InChI=1S/C6H4Cl4/c7-5(8)3-1-2-4-6(5,9)10/h1-4H. The second-order valence-electron chi connectivity index (χ2n) is 1.96. The highest BCUT2D eigenvalue weighted by Crippen LogP contribution is 2.46.